The minimum Gasteiger partial charge on any atom is -0.351 e. The van der Waals surface area contributed by atoms with Crippen molar-refractivity contribution in [3.63, 3.8) is 0 Å². The number of nitrogens with zero attached hydrogens (tertiary/aromatic N) is 4. The van der Waals surface area contributed by atoms with E-state index in [4.69, 9.17) is 0 Å². The fourth-order valence-electron chi connectivity index (χ4n) is 4.67. The standard InChI is InChI=1S/C24H30F3N5O/c1-15-14-31(12-13-32(15)23(33)28-20-8-10-24(26,27)11-9-20)22-17(3)16(2)21(29-30-22)18-4-6-19(25)7-5-18/h4-7,15,20H,8-14H2,1-3H3,(H,28,33). The van der Waals surface area contributed by atoms with E-state index in [2.05, 4.69) is 20.4 Å². The van der Waals surface area contributed by atoms with Gasteiger partial charge in [0.1, 0.15) is 5.82 Å². The Balaban J connectivity index is 1.41. The fourth-order valence-corrected chi connectivity index (χ4v) is 4.67. The molecule has 6 nitrogen and oxygen atoms in total. The summed E-state index contributed by atoms with van der Waals surface area (Å²) in [5.41, 5.74) is 3.51. The number of nitrogens with one attached hydrogen (secondary N) is 1. The van der Waals surface area contributed by atoms with Crippen molar-refractivity contribution < 1.29 is 18.0 Å². The van der Waals surface area contributed by atoms with Crippen LogP contribution in [0, 0.1) is 19.7 Å². The van der Waals surface area contributed by atoms with Crippen molar-refractivity contribution in [2.24, 2.45) is 0 Å². The summed E-state index contributed by atoms with van der Waals surface area (Å²) in [4.78, 5) is 16.7. The zero-order chi connectivity index (χ0) is 23.8. The first-order valence-electron chi connectivity index (χ1n) is 11.4. The number of benzene rings is 1. The van der Waals surface area contributed by atoms with Crippen LogP contribution < -0.4 is 10.2 Å². The molecule has 1 N–H and O–H groups in total. The third kappa shape index (κ3) is 5.07. The molecular weight excluding hydrogens is 431 g/mol. The number of urea groups is 1. The minimum absolute atomic E-state index is 0.0675. The Morgan fingerprint density at radius 3 is 2.36 bits per heavy atom. The molecule has 1 saturated heterocycles. The molecule has 0 spiro atoms. The average molecular weight is 462 g/mol. The summed E-state index contributed by atoms with van der Waals surface area (Å²) in [6.45, 7) is 7.66. The van der Waals surface area contributed by atoms with Gasteiger partial charge in [-0.3, -0.25) is 0 Å². The lowest BCUT2D eigenvalue weighted by Gasteiger charge is -2.41. The van der Waals surface area contributed by atoms with Crippen LogP contribution in [0.2, 0.25) is 0 Å². The van der Waals surface area contributed by atoms with Gasteiger partial charge in [0.15, 0.2) is 5.82 Å². The molecule has 0 bridgehead atoms. The summed E-state index contributed by atoms with van der Waals surface area (Å²) in [5.74, 6) is -2.13. The highest BCUT2D eigenvalue weighted by Gasteiger charge is 2.37. The summed E-state index contributed by atoms with van der Waals surface area (Å²) < 4.78 is 40.0. The zero-order valence-electron chi connectivity index (χ0n) is 19.2. The van der Waals surface area contributed by atoms with Crippen LogP contribution in [0.25, 0.3) is 11.3 Å². The van der Waals surface area contributed by atoms with Crippen LogP contribution in [0.15, 0.2) is 24.3 Å². The number of carbonyl (C=O) groups excluding carboxylic acids is 1. The highest BCUT2D eigenvalue weighted by molar-refractivity contribution is 5.75. The van der Waals surface area contributed by atoms with E-state index in [0.29, 0.717) is 32.5 Å². The molecule has 0 radical (unpaired) electrons. The fraction of sp³-hybridized carbons (Fsp3) is 0.542. The van der Waals surface area contributed by atoms with Crippen LogP contribution in [0.3, 0.4) is 0 Å². The van der Waals surface area contributed by atoms with Crippen LogP contribution in [0.4, 0.5) is 23.8 Å². The van der Waals surface area contributed by atoms with Crippen LogP contribution in [-0.2, 0) is 0 Å². The van der Waals surface area contributed by atoms with Gasteiger partial charge in [0.05, 0.1) is 5.69 Å². The Kier molecular flexibility index (Phi) is 6.50. The molecule has 2 aliphatic rings. The van der Waals surface area contributed by atoms with Gasteiger partial charge in [-0.15, -0.1) is 10.2 Å². The second-order valence-corrected chi connectivity index (χ2v) is 9.20. The molecular formula is C24H30F3N5O. The largest absolute Gasteiger partial charge is 0.351 e. The first kappa shape index (κ1) is 23.3. The van der Waals surface area contributed by atoms with Crippen molar-refractivity contribution in [3.8, 4) is 11.3 Å². The van der Waals surface area contributed by atoms with Gasteiger partial charge < -0.3 is 15.1 Å². The zero-order valence-corrected chi connectivity index (χ0v) is 19.2. The number of halogens is 3. The van der Waals surface area contributed by atoms with Crippen molar-refractivity contribution in [1.82, 2.24) is 20.4 Å². The van der Waals surface area contributed by atoms with Gasteiger partial charge in [0.25, 0.3) is 0 Å². The number of hydrogen-bond acceptors (Lipinski definition) is 4. The van der Waals surface area contributed by atoms with Gasteiger partial charge in [-0.05, 0) is 69.0 Å². The molecule has 1 saturated carbocycles. The molecule has 1 unspecified atom stereocenters. The molecule has 2 heterocycles. The van der Waals surface area contributed by atoms with E-state index in [1.165, 1.54) is 12.1 Å². The van der Waals surface area contributed by atoms with Crippen LogP contribution in [-0.4, -0.2) is 58.8 Å². The molecule has 33 heavy (non-hydrogen) atoms. The Labute approximate surface area is 192 Å². The Morgan fingerprint density at radius 2 is 1.73 bits per heavy atom. The van der Waals surface area contributed by atoms with E-state index in [1.54, 1.807) is 17.0 Å². The Hall–Kier alpha value is -2.84. The van der Waals surface area contributed by atoms with Gasteiger partial charge in [0.2, 0.25) is 5.92 Å². The number of piperazine rings is 1. The van der Waals surface area contributed by atoms with E-state index in [1.807, 2.05) is 20.8 Å². The lowest BCUT2D eigenvalue weighted by molar-refractivity contribution is -0.0399. The smallest absolute Gasteiger partial charge is 0.317 e. The molecule has 4 rings (SSSR count). The summed E-state index contributed by atoms with van der Waals surface area (Å²) in [6.07, 6.45) is 0.266. The van der Waals surface area contributed by atoms with E-state index in [9.17, 15) is 18.0 Å². The van der Waals surface area contributed by atoms with Crippen molar-refractivity contribution in [3.05, 3.63) is 41.2 Å². The van der Waals surface area contributed by atoms with Crippen LogP contribution in [0.5, 0.6) is 0 Å². The predicted octanol–water partition coefficient (Wildman–Crippen LogP) is 4.70. The minimum atomic E-state index is -2.61. The van der Waals surface area contributed by atoms with Crippen molar-refractivity contribution in [1.29, 1.82) is 0 Å². The Morgan fingerprint density at radius 1 is 1.06 bits per heavy atom. The summed E-state index contributed by atoms with van der Waals surface area (Å²) in [7, 11) is 0. The lowest BCUT2D eigenvalue weighted by atomic mass is 9.92. The van der Waals surface area contributed by atoms with Crippen molar-refractivity contribution >= 4 is 11.8 Å². The number of aromatic nitrogens is 2. The highest BCUT2D eigenvalue weighted by atomic mass is 19.3. The summed E-state index contributed by atoms with van der Waals surface area (Å²) in [6, 6.07) is 5.74. The molecule has 178 valence electrons. The topological polar surface area (TPSA) is 61.4 Å². The van der Waals surface area contributed by atoms with Crippen molar-refractivity contribution in [2.75, 3.05) is 24.5 Å². The third-order valence-electron chi connectivity index (χ3n) is 6.85. The number of anilines is 1. The molecule has 2 fully saturated rings. The molecule has 1 aliphatic carbocycles. The number of rotatable bonds is 3. The second kappa shape index (κ2) is 9.19. The maximum absolute atomic E-state index is 13.4. The average Bonchev–Trinajstić information content (AvgIpc) is 2.77. The summed E-state index contributed by atoms with van der Waals surface area (Å²) in [5, 5.41) is 11.8. The normalized spacial score (nSPS) is 21.2. The van der Waals surface area contributed by atoms with E-state index < -0.39 is 5.92 Å². The van der Waals surface area contributed by atoms with Crippen LogP contribution >= 0.6 is 0 Å². The number of hydrogen-bond donors (Lipinski definition) is 1. The second-order valence-electron chi connectivity index (χ2n) is 9.20. The van der Waals surface area contributed by atoms with E-state index in [-0.39, 0.29) is 36.8 Å². The molecule has 1 aromatic carbocycles. The van der Waals surface area contributed by atoms with Gasteiger partial charge in [-0.1, -0.05) is 0 Å². The monoisotopic (exact) mass is 461 g/mol. The SMILES string of the molecule is Cc1c(-c2ccc(F)cc2)nnc(N2CCN(C(=O)NC3CCC(F)(F)CC3)C(C)C2)c1C. The highest BCUT2D eigenvalue weighted by Crippen LogP contribution is 2.33. The molecule has 1 atom stereocenters. The first-order chi connectivity index (χ1) is 15.6. The first-order valence-corrected chi connectivity index (χ1v) is 11.4. The van der Waals surface area contributed by atoms with Crippen molar-refractivity contribution in [2.45, 2.75) is 64.5 Å². The molecule has 2 aromatic rings. The molecule has 2 amide bonds. The maximum Gasteiger partial charge on any atom is 0.317 e. The molecule has 1 aliphatic heterocycles. The van der Waals surface area contributed by atoms with Gasteiger partial charge >= 0.3 is 6.03 Å². The molecule has 1 aromatic heterocycles. The van der Waals surface area contributed by atoms with Gasteiger partial charge in [-0.25, -0.2) is 18.0 Å². The molecule has 9 heteroatoms. The van der Waals surface area contributed by atoms with Gasteiger partial charge in [-0.2, -0.15) is 0 Å². The summed E-state index contributed by atoms with van der Waals surface area (Å²) >= 11 is 0. The lowest BCUT2D eigenvalue weighted by Crippen LogP contribution is -2.58. The quantitative estimate of drug-likeness (QED) is 0.720. The predicted molar refractivity (Wildman–Crippen MR) is 121 cm³/mol. The number of alkyl halides is 2. The third-order valence-corrected chi connectivity index (χ3v) is 6.85. The van der Waals surface area contributed by atoms with Gasteiger partial charge in [0, 0.05) is 50.1 Å². The maximum atomic E-state index is 13.4. The number of carbonyl (C=O) groups is 1. The van der Waals surface area contributed by atoms with Crippen LogP contribution in [0.1, 0.15) is 43.7 Å². The van der Waals surface area contributed by atoms with E-state index in [0.717, 1.165) is 28.2 Å². The Bertz CT molecular complexity index is 1000. The van der Waals surface area contributed by atoms with E-state index >= 15 is 0 Å². The number of amides is 2.